The third-order valence-electron chi connectivity index (χ3n) is 5.10. The Hall–Kier alpha value is -2.63. The Morgan fingerprint density at radius 1 is 1.07 bits per heavy atom. The quantitative estimate of drug-likeness (QED) is 0.568. The number of fused-ring (bicyclic) bond motifs is 1. The van der Waals surface area contributed by atoms with Crippen LogP contribution in [0.5, 0.6) is 5.75 Å². The molecule has 3 aromatic rings. The molecule has 0 aliphatic carbocycles. The van der Waals surface area contributed by atoms with Crippen molar-refractivity contribution in [2.45, 2.75) is 19.0 Å². The number of hydrogen-bond acceptors (Lipinski definition) is 2. The van der Waals surface area contributed by atoms with Gasteiger partial charge in [-0.1, -0.05) is 35.3 Å². The zero-order chi connectivity index (χ0) is 20.4. The Morgan fingerprint density at radius 3 is 2.72 bits per heavy atom. The number of halogens is 2. The molecule has 0 radical (unpaired) electrons. The molecule has 0 fully saturated rings. The van der Waals surface area contributed by atoms with Gasteiger partial charge in [-0.25, -0.2) is 4.79 Å². The van der Waals surface area contributed by atoms with Crippen LogP contribution in [-0.2, 0) is 6.54 Å². The molecule has 4 rings (SSSR count). The third kappa shape index (κ3) is 4.07. The van der Waals surface area contributed by atoms with Crippen LogP contribution >= 0.6 is 23.2 Å². The van der Waals surface area contributed by atoms with Crippen molar-refractivity contribution in [2.75, 3.05) is 19.0 Å². The zero-order valence-corrected chi connectivity index (χ0v) is 17.5. The highest BCUT2D eigenvalue weighted by Crippen LogP contribution is 2.34. The molecule has 0 spiro atoms. The number of hydrogen-bond donors (Lipinski definition) is 1. The molecule has 1 atom stereocenters. The summed E-state index contributed by atoms with van der Waals surface area (Å²) >= 11 is 12.1. The number of nitrogens with one attached hydrogen (secondary N) is 1. The summed E-state index contributed by atoms with van der Waals surface area (Å²) in [6, 6.07) is 16.6. The second-order valence-corrected chi connectivity index (χ2v) is 7.73. The van der Waals surface area contributed by atoms with Crippen molar-refractivity contribution in [3.8, 4) is 5.75 Å². The first-order valence-electron chi connectivity index (χ1n) is 9.38. The topological polar surface area (TPSA) is 46.5 Å². The van der Waals surface area contributed by atoms with Crippen LogP contribution in [0.1, 0.15) is 23.7 Å². The predicted molar refractivity (Wildman–Crippen MR) is 116 cm³/mol. The maximum atomic E-state index is 13.3. The van der Waals surface area contributed by atoms with E-state index in [-0.39, 0.29) is 12.1 Å². The molecule has 1 aliphatic heterocycles. The van der Waals surface area contributed by atoms with E-state index in [9.17, 15) is 4.79 Å². The van der Waals surface area contributed by atoms with Crippen LogP contribution in [0.25, 0.3) is 0 Å². The van der Waals surface area contributed by atoms with Crippen molar-refractivity contribution in [1.82, 2.24) is 9.47 Å². The Labute approximate surface area is 179 Å². The summed E-state index contributed by atoms with van der Waals surface area (Å²) in [5.41, 5.74) is 2.67. The second-order valence-electron chi connectivity index (χ2n) is 6.91. The van der Waals surface area contributed by atoms with E-state index in [1.165, 1.54) is 0 Å². The lowest BCUT2D eigenvalue weighted by molar-refractivity contribution is 0.199. The molecular weight excluding hydrogens is 409 g/mol. The number of urea groups is 1. The lowest BCUT2D eigenvalue weighted by atomic mass is 10.0. The van der Waals surface area contributed by atoms with Crippen molar-refractivity contribution in [2.24, 2.45) is 0 Å². The van der Waals surface area contributed by atoms with Gasteiger partial charge in [-0.2, -0.15) is 0 Å². The van der Waals surface area contributed by atoms with E-state index in [0.29, 0.717) is 22.3 Å². The van der Waals surface area contributed by atoms with Gasteiger partial charge >= 0.3 is 6.03 Å². The standard InChI is InChI=1S/C22H21Cl2N3O2/c1-29-17-6-2-5-15(13-17)21-20-7-3-10-26(20)11-4-12-27(21)22(28)25-16-8-9-18(23)19(24)14-16/h2-3,5-10,13-14,21H,4,11-12H2,1H3,(H,25,28). The summed E-state index contributed by atoms with van der Waals surface area (Å²) in [7, 11) is 1.64. The van der Waals surface area contributed by atoms with Crippen LogP contribution in [-0.4, -0.2) is 29.2 Å². The number of ether oxygens (including phenoxy) is 1. The minimum absolute atomic E-state index is 0.189. The molecule has 7 heteroatoms. The first-order valence-corrected chi connectivity index (χ1v) is 10.1. The molecule has 2 aromatic carbocycles. The van der Waals surface area contributed by atoms with Gasteiger partial charge in [-0.05, 0) is 54.4 Å². The summed E-state index contributed by atoms with van der Waals surface area (Å²) < 4.78 is 7.61. The van der Waals surface area contributed by atoms with Crippen LogP contribution in [0.15, 0.2) is 60.8 Å². The summed E-state index contributed by atoms with van der Waals surface area (Å²) in [4.78, 5) is 15.1. The van der Waals surface area contributed by atoms with Crippen LogP contribution in [0.3, 0.4) is 0 Å². The minimum atomic E-state index is -0.231. The lowest BCUT2D eigenvalue weighted by Crippen LogP contribution is -2.38. The number of aromatic nitrogens is 1. The molecule has 1 N–H and O–H groups in total. The summed E-state index contributed by atoms with van der Waals surface area (Å²) in [5, 5.41) is 3.81. The Morgan fingerprint density at radius 2 is 1.93 bits per heavy atom. The number of amides is 2. The largest absolute Gasteiger partial charge is 0.497 e. The van der Waals surface area contributed by atoms with E-state index >= 15 is 0 Å². The average Bonchev–Trinajstić information content (AvgIpc) is 3.10. The van der Waals surface area contributed by atoms with Crippen molar-refractivity contribution in [1.29, 1.82) is 0 Å². The van der Waals surface area contributed by atoms with Gasteiger partial charge in [-0.3, -0.25) is 0 Å². The molecule has 29 heavy (non-hydrogen) atoms. The number of carbonyl (C=O) groups excluding carboxylic acids is 1. The third-order valence-corrected chi connectivity index (χ3v) is 5.83. The molecular formula is C22H21Cl2N3O2. The molecule has 1 unspecified atom stereocenters. The van der Waals surface area contributed by atoms with Crippen molar-refractivity contribution >= 4 is 34.9 Å². The number of methoxy groups -OCH3 is 1. The second kappa shape index (κ2) is 8.39. The van der Waals surface area contributed by atoms with E-state index in [0.717, 1.165) is 30.0 Å². The molecule has 5 nitrogen and oxygen atoms in total. The van der Waals surface area contributed by atoms with Gasteiger partial charge in [0, 0.05) is 30.7 Å². The highest BCUT2D eigenvalue weighted by molar-refractivity contribution is 6.42. The van der Waals surface area contributed by atoms with Gasteiger partial charge in [0.05, 0.1) is 23.2 Å². The van der Waals surface area contributed by atoms with Gasteiger partial charge in [0.15, 0.2) is 0 Å². The predicted octanol–water partition coefficient (Wildman–Crippen LogP) is 5.83. The average molecular weight is 430 g/mol. The smallest absolute Gasteiger partial charge is 0.322 e. The molecule has 150 valence electrons. The Balaban J connectivity index is 1.71. The number of carbonyl (C=O) groups is 1. The van der Waals surface area contributed by atoms with E-state index in [4.69, 9.17) is 27.9 Å². The molecule has 1 aliphatic rings. The SMILES string of the molecule is COc1cccc(C2c3cccn3CCCN2C(=O)Nc2ccc(Cl)c(Cl)c2)c1. The van der Waals surface area contributed by atoms with E-state index < -0.39 is 0 Å². The number of aryl methyl sites for hydroxylation is 1. The zero-order valence-electron chi connectivity index (χ0n) is 15.9. The highest BCUT2D eigenvalue weighted by Gasteiger charge is 2.31. The molecule has 0 bridgehead atoms. The van der Waals surface area contributed by atoms with Gasteiger partial charge < -0.3 is 19.5 Å². The first kappa shape index (κ1) is 19.7. The summed E-state index contributed by atoms with van der Waals surface area (Å²) in [6.07, 6.45) is 2.92. The highest BCUT2D eigenvalue weighted by atomic mass is 35.5. The number of anilines is 1. The maximum Gasteiger partial charge on any atom is 0.322 e. The molecule has 0 saturated heterocycles. The summed E-state index contributed by atoms with van der Waals surface area (Å²) in [5.74, 6) is 0.759. The molecule has 2 amide bonds. The van der Waals surface area contributed by atoms with Crippen molar-refractivity contribution in [3.63, 3.8) is 0 Å². The van der Waals surface area contributed by atoms with Crippen LogP contribution in [0, 0.1) is 0 Å². The Bertz CT molecular complexity index is 1030. The Kier molecular flexibility index (Phi) is 5.69. The van der Waals surface area contributed by atoms with Crippen LogP contribution < -0.4 is 10.1 Å². The van der Waals surface area contributed by atoms with Gasteiger partial charge in [0.2, 0.25) is 0 Å². The number of rotatable bonds is 3. The fourth-order valence-electron chi connectivity index (χ4n) is 3.73. The van der Waals surface area contributed by atoms with E-state index in [1.807, 2.05) is 35.2 Å². The lowest BCUT2D eigenvalue weighted by Gasteiger charge is -2.31. The molecule has 1 aromatic heterocycles. The van der Waals surface area contributed by atoms with E-state index in [1.54, 1.807) is 25.3 Å². The van der Waals surface area contributed by atoms with Crippen LogP contribution in [0.2, 0.25) is 10.0 Å². The van der Waals surface area contributed by atoms with Gasteiger partial charge in [-0.15, -0.1) is 0 Å². The first-order chi connectivity index (χ1) is 14.1. The van der Waals surface area contributed by atoms with Gasteiger partial charge in [0.25, 0.3) is 0 Å². The fourth-order valence-corrected chi connectivity index (χ4v) is 4.03. The van der Waals surface area contributed by atoms with Crippen molar-refractivity contribution < 1.29 is 9.53 Å². The monoisotopic (exact) mass is 429 g/mol. The number of benzene rings is 2. The molecule has 0 saturated carbocycles. The van der Waals surface area contributed by atoms with E-state index in [2.05, 4.69) is 22.1 Å². The molecule has 2 heterocycles. The van der Waals surface area contributed by atoms with Crippen LogP contribution in [0.4, 0.5) is 10.5 Å². The van der Waals surface area contributed by atoms with Crippen molar-refractivity contribution in [3.05, 3.63) is 82.1 Å². The fraction of sp³-hybridized carbons (Fsp3) is 0.227. The minimum Gasteiger partial charge on any atom is -0.497 e. The normalized spacial score (nSPS) is 16.1. The number of nitrogens with zero attached hydrogens (tertiary/aromatic N) is 2. The maximum absolute atomic E-state index is 13.3. The van der Waals surface area contributed by atoms with Gasteiger partial charge in [0.1, 0.15) is 5.75 Å². The summed E-state index contributed by atoms with van der Waals surface area (Å²) in [6.45, 7) is 1.48.